The van der Waals surface area contributed by atoms with E-state index in [9.17, 15) is 9.59 Å². The van der Waals surface area contributed by atoms with Gasteiger partial charge in [0, 0.05) is 10.9 Å². The van der Waals surface area contributed by atoms with Crippen LogP contribution in [0.1, 0.15) is 17.3 Å². The van der Waals surface area contributed by atoms with Crippen LogP contribution in [-0.2, 0) is 4.74 Å². The number of hydrogen-bond donors (Lipinski definition) is 0. The van der Waals surface area contributed by atoms with Crippen molar-refractivity contribution in [2.45, 2.75) is 6.92 Å². The third kappa shape index (κ3) is 2.39. The van der Waals surface area contributed by atoms with Gasteiger partial charge in [0.25, 0.3) is 0 Å². The normalized spacial score (nSPS) is 10.6. The summed E-state index contributed by atoms with van der Waals surface area (Å²) in [5.41, 5.74) is 0.471. The monoisotopic (exact) mass is 294 g/mol. The highest BCUT2D eigenvalue weighted by Gasteiger charge is 2.22. The van der Waals surface area contributed by atoms with Crippen molar-refractivity contribution in [2.75, 3.05) is 6.61 Å². The van der Waals surface area contributed by atoms with E-state index in [-0.39, 0.29) is 17.9 Å². The number of esters is 1. The van der Waals surface area contributed by atoms with Gasteiger partial charge in [0.1, 0.15) is 5.56 Å². The number of benzene rings is 2. The number of hydrogen-bond acceptors (Lipinski definition) is 4. The zero-order chi connectivity index (χ0) is 15.5. The molecule has 0 unspecified atom stereocenters. The minimum absolute atomic E-state index is 0.239. The Hall–Kier alpha value is -2.88. The third-order valence-electron chi connectivity index (χ3n) is 3.35. The van der Waals surface area contributed by atoms with Gasteiger partial charge in [-0.15, -0.1) is 0 Å². The molecule has 0 atom stereocenters. The predicted molar refractivity (Wildman–Crippen MR) is 83.9 cm³/mol. The van der Waals surface area contributed by atoms with Crippen LogP contribution in [-0.4, -0.2) is 12.6 Å². The van der Waals surface area contributed by atoms with Crippen LogP contribution in [0.2, 0.25) is 0 Å². The van der Waals surface area contributed by atoms with Crippen LogP contribution in [0.5, 0.6) is 0 Å². The average molecular weight is 294 g/mol. The van der Waals surface area contributed by atoms with E-state index in [1.807, 2.05) is 18.2 Å². The molecule has 0 bridgehead atoms. The summed E-state index contributed by atoms with van der Waals surface area (Å²) in [5.74, 6) is -0.260. The largest absolute Gasteiger partial charge is 0.462 e. The summed E-state index contributed by atoms with van der Waals surface area (Å²) in [4.78, 5) is 24.6. The zero-order valence-corrected chi connectivity index (χ0v) is 12.0. The molecule has 1 heterocycles. The molecule has 110 valence electrons. The minimum Gasteiger partial charge on any atom is -0.462 e. The van der Waals surface area contributed by atoms with E-state index in [4.69, 9.17) is 9.15 Å². The van der Waals surface area contributed by atoms with Crippen LogP contribution in [0.25, 0.3) is 22.1 Å². The van der Waals surface area contributed by atoms with Crippen LogP contribution in [0.15, 0.2) is 63.8 Å². The molecule has 4 nitrogen and oxygen atoms in total. The average Bonchev–Trinajstić information content (AvgIpc) is 2.56. The molecule has 0 N–H and O–H groups in total. The Kier molecular flexibility index (Phi) is 3.74. The minimum atomic E-state index is -0.499. The predicted octanol–water partition coefficient (Wildman–Crippen LogP) is 3.64. The molecule has 0 aliphatic carbocycles. The second-order valence-electron chi connectivity index (χ2n) is 4.73. The number of fused-ring (bicyclic) bond motifs is 1. The molecule has 0 amide bonds. The Morgan fingerprint density at radius 1 is 1.00 bits per heavy atom. The van der Waals surface area contributed by atoms with Gasteiger partial charge in [0.2, 0.25) is 0 Å². The molecule has 0 spiro atoms. The quantitative estimate of drug-likeness (QED) is 0.692. The van der Waals surface area contributed by atoms with E-state index in [1.54, 1.807) is 43.3 Å². The second kappa shape index (κ2) is 5.85. The van der Waals surface area contributed by atoms with Crippen LogP contribution >= 0.6 is 0 Å². The van der Waals surface area contributed by atoms with E-state index in [2.05, 4.69) is 0 Å². The fourth-order valence-electron chi connectivity index (χ4n) is 2.40. The highest BCUT2D eigenvalue weighted by Crippen LogP contribution is 2.28. The molecule has 2 aromatic carbocycles. The van der Waals surface area contributed by atoms with Crippen molar-refractivity contribution in [3.8, 4) is 11.3 Å². The summed E-state index contributed by atoms with van der Waals surface area (Å²) >= 11 is 0. The summed E-state index contributed by atoms with van der Waals surface area (Å²) in [7, 11) is 0. The van der Waals surface area contributed by atoms with Gasteiger partial charge in [-0.3, -0.25) is 0 Å². The van der Waals surface area contributed by atoms with Crippen molar-refractivity contribution in [1.29, 1.82) is 0 Å². The van der Waals surface area contributed by atoms with Gasteiger partial charge in [0.15, 0.2) is 5.76 Å². The summed E-state index contributed by atoms with van der Waals surface area (Å²) in [6.07, 6.45) is 0. The van der Waals surface area contributed by atoms with Crippen molar-refractivity contribution in [3.05, 3.63) is 70.6 Å². The van der Waals surface area contributed by atoms with Crippen molar-refractivity contribution in [3.63, 3.8) is 0 Å². The van der Waals surface area contributed by atoms with Gasteiger partial charge in [-0.25, -0.2) is 9.59 Å². The van der Waals surface area contributed by atoms with Crippen LogP contribution in [0, 0.1) is 0 Å². The summed E-state index contributed by atoms with van der Waals surface area (Å²) in [5, 5.41) is 0.904. The highest BCUT2D eigenvalue weighted by atomic mass is 16.5. The third-order valence-corrected chi connectivity index (χ3v) is 3.35. The van der Waals surface area contributed by atoms with Gasteiger partial charge in [0.05, 0.1) is 12.0 Å². The summed E-state index contributed by atoms with van der Waals surface area (Å²) < 4.78 is 10.6. The fraction of sp³-hybridized carbons (Fsp3) is 0.111. The van der Waals surface area contributed by atoms with Crippen LogP contribution in [0.3, 0.4) is 0 Å². The summed E-state index contributed by atoms with van der Waals surface area (Å²) in [6.45, 7) is 1.99. The van der Waals surface area contributed by atoms with E-state index in [0.29, 0.717) is 16.3 Å². The molecule has 0 saturated heterocycles. The van der Waals surface area contributed by atoms with Gasteiger partial charge < -0.3 is 9.15 Å². The highest BCUT2D eigenvalue weighted by molar-refractivity contribution is 6.08. The Balaban J connectivity index is 2.38. The standard InChI is InChI=1S/C18H14O4/c1-2-21-18(20)15-13-10-6-7-11-14(13)17(19)22-16(15)12-8-4-3-5-9-12/h3-11H,2H2,1H3. The molecule has 1 aromatic heterocycles. The SMILES string of the molecule is CCOC(=O)c1c(-c2ccccc2)oc(=O)c2ccccc12. The van der Waals surface area contributed by atoms with Crippen molar-refractivity contribution >= 4 is 16.7 Å². The Morgan fingerprint density at radius 3 is 2.32 bits per heavy atom. The van der Waals surface area contributed by atoms with E-state index < -0.39 is 11.6 Å². The van der Waals surface area contributed by atoms with Gasteiger partial charge >= 0.3 is 11.6 Å². The maximum atomic E-state index is 12.4. The Labute approximate surface area is 127 Å². The van der Waals surface area contributed by atoms with Crippen molar-refractivity contribution < 1.29 is 13.9 Å². The van der Waals surface area contributed by atoms with Crippen molar-refractivity contribution in [2.24, 2.45) is 0 Å². The van der Waals surface area contributed by atoms with Gasteiger partial charge in [-0.2, -0.15) is 0 Å². The molecular formula is C18H14O4. The van der Waals surface area contributed by atoms with E-state index >= 15 is 0 Å². The molecule has 3 aromatic rings. The smallest absolute Gasteiger partial charge is 0.344 e. The number of carbonyl (C=O) groups is 1. The maximum absolute atomic E-state index is 12.4. The second-order valence-corrected chi connectivity index (χ2v) is 4.73. The number of ether oxygens (including phenoxy) is 1. The number of carbonyl (C=O) groups excluding carboxylic acids is 1. The lowest BCUT2D eigenvalue weighted by Gasteiger charge is -2.10. The first-order valence-electron chi connectivity index (χ1n) is 7.00. The molecule has 0 radical (unpaired) electrons. The lowest BCUT2D eigenvalue weighted by atomic mass is 10.0. The fourth-order valence-corrected chi connectivity index (χ4v) is 2.40. The molecule has 3 rings (SSSR count). The van der Waals surface area contributed by atoms with E-state index in [0.717, 1.165) is 0 Å². The molecule has 0 fully saturated rings. The molecule has 4 heteroatoms. The molecular weight excluding hydrogens is 280 g/mol. The first kappa shape index (κ1) is 14.1. The van der Waals surface area contributed by atoms with Crippen LogP contribution < -0.4 is 5.63 Å². The number of rotatable bonds is 3. The van der Waals surface area contributed by atoms with E-state index in [1.165, 1.54) is 0 Å². The van der Waals surface area contributed by atoms with Crippen molar-refractivity contribution in [1.82, 2.24) is 0 Å². The Bertz CT molecular complexity index is 878. The molecule has 0 aliphatic heterocycles. The Morgan fingerprint density at radius 2 is 1.64 bits per heavy atom. The zero-order valence-electron chi connectivity index (χ0n) is 12.0. The first-order valence-corrected chi connectivity index (χ1v) is 7.00. The first-order chi connectivity index (χ1) is 10.7. The summed E-state index contributed by atoms with van der Waals surface area (Å²) in [6, 6.07) is 15.9. The molecule has 0 aliphatic rings. The lowest BCUT2D eigenvalue weighted by molar-refractivity contribution is 0.0527. The maximum Gasteiger partial charge on any atom is 0.344 e. The molecule has 0 saturated carbocycles. The van der Waals surface area contributed by atoms with Crippen LogP contribution in [0.4, 0.5) is 0 Å². The topological polar surface area (TPSA) is 56.5 Å². The van der Waals surface area contributed by atoms with Gasteiger partial charge in [-0.1, -0.05) is 48.5 Å². The molecule has 22 heavy (non-hydrogen) atoms. The van der Waals surface area contributed by atoms with Gasteiger partial charge in [-0.05, 0) is 13.0 Å². The lowest BCUT2D eigenvalue weighted by Crippen LogP contribution is -2.12.